The molecule has 3 nitrogen and oxygen atoms in total. The molecule has 0 bridgehead atoms. The summed E-state index contributed by atoms with van der Waals surface area (Å²) in [6.45, 7) is 3.66. The Labute approximate surface area is 127 Å². The Hall–Kier alpha value is -1.56. The molecule has 1 fully saturated rings. The first-order valence-corrected chi connectivity index (χ1v) is 7.32. The van der Waals surface area contributed by atoms with Gasteiger partial charge >= 0.3 is 6.18 Å². The van der Waals surface area contributed by atoms with Crippen LogP contribution < -0.4 is 5.32 Å². The molecule has 0 saturated heterocycles. The van der Waals surface area contributed by atoms with E-state index in [1.165, 1.54) is 12.1 Å². The first kappa shape index (κ1) is 16.8. The molecule has 122 valence electrons. The predicted molar refractivity (Wildman–Crippen MR) is 76.1 cm³/mol. The number of aliphatic hydroxyl groups excluding tert-OH is 1. The van der Waals surface area contributed by atoms with Crippen LogP contribution in [0.3, 0.4) is 0 Å². The van der Waals surface area contributed by atoms with Gasteiger partial charge in [0.25, 0.3) is 0 Å². The Morgan fingerprint density at radius 3 is 2.41 bits per heavy atom. The fourth-order valence-corrected chi connectivity index (χ4v) is 2.40. The van der Waals surface area contributed by atoms with Crippen molar-refractivity contribution in [2.45, 2.75) is 38.4 Å². The number of rotatable bonds is 5. The standard InChI is InChI=1S/C16H20F3NO2/c1-9(8-21)10(2)20-15(22)14-7-13(14)11-3-5-12(6-4-11)16(17,18)19/h3-6,9-10,13-14,21H,7-8H2,1-2H3,(H,20,22). The van der Waals surface area contributed by atoms with E-state index in [-0.39, 0.29) is 36.3 Å². The molecule has 6 heteroatoms. The first-order valence-electron chi connectivity index (χ1n) is 7.32. The van der Waals surface area contributed by atoms with Gasteiger partial charge < -0.3 is 10.4 Å². The Bertz CT molecular complexity index is 527. The maximum absolute atomic E-state index is 12.5. The fourth-order valence-electron chi connectivity index (χ4n) is 2.40. The molecule has 1 aromatic rings. The maximum atomic E-state index is 12.5. The third-order valence-electron chi connectivity index (χ3n) is 4.30. The van der Waals surface area contributed by atoms with Crippen LogP contribution in [0.1, 0.15) is 37.3 Å². The Balaban J connectivity index is 1.93. The summed E-state index contributed by atoms with van der Waals surface area (Å²) >= 11 is 0. The number of hydrogen-bond acceptors (Lipinski definition) is 2. The van der Waals surface area contributed by atoms with Crippen molar-refractivity contribution >= 4 is 5.91 Å². The van der Waals surface area contributed by atoms with Crippen molar-refractivity contribution in [1.82, 2.24) is 5.32 Å². The summed E-state index contributed by atoms with van der Waals surface area (Å²) < 4.78 is 37.5. The molecule has 1 amide bonds. The quantitative estimate of drug-likeness (QED) is 0.878. The van der Waals surface area contributed by atoms with E-state index in [2.05, 4.69) is 5.32 Å². The number of benzene rings is 1. The molecule has 2 rings (SSSR count). The Kier molecular flexibility index (Phi) is 4.80. The van der Waals surface area contributed by atoms with Crippen LogP contribution in [0.2, 0.25) is 0 Å². The summed E-state index contributed by atoms with van der Waals surface area (Å²) in [5, 5.41) is 11.9. The van der Waals surface area contributed by atoms with Gasteiger partial charge in [-0.1, -0.05) is 19.1 Å². The van der Waals surface area contributed by atoms with E-state index in [1.807, 2.05) is 13.8 Å². The average Bonchev–Trinajstić information content (AvgIpc) is 3.26. The van der Waals surface area contributed by atoms with Crippen LogP contribution in [0.5, 0.6) is 0 Å². The van der Waals surface area contributed by atoms with Gasteiger partial charge in [-0.3, -0.25) is 4.79 Å². The average molecular weight is 315 g/mol. The highest BCUT2D eigenvalue weighted by molar-refractivity contribution is 5.83. The number of aliphatic hydroxyl groups is 1. The zero-order chi connectivity index (χ0) is 16.5. The summed E-state index contributed by atoms with van der Waals surface area (Å²) in [6, 6.07) is 4.87. The van der Waals surface area contributed by atoms with Gasteiger partial charge in [-0.15, -0.1) is 0 Å². The van der Waals surface area contributed by atoms with Crippen LogP contribution in [0.15, 0.2) is 24.3 Å². The van der Waals surface area contributed by atoms with E-state index in [4.69, 9.17) is 5.11 Å². The highest BCUT2D eigenvalue weighted by Gasteiger charge is 2.44. The Morgan fingerprint density at radius 1 is 1.32 bits per heavy atom. The molecular weight excluding hydrogens is 295 g/mol. The fraction of sp³-hybridized carbons (Fsp3) is 0.562. The van der Waals surface area contributed by atoms with E-state index < -0.39 is 11.7 Å². The van der Waals surface area contributed by atoms with Crippen molar-refractivity contribution in [3.05, 3.63) is 35.4 Å². The van der Waals surface area contributed by atoms with Gasteiger partial charge in [0.2, 0.25) is 5.91 Å². The minimum absolute atomic E-state index is 0.00551. The van der Waals surface area contributed by atoms with Gasteiger partial charge in [0.05, 0.1) is 5.56 Å². The van der Waals surface area contributed by atoms with E-state index in [0.29, 0.717) is 6.42 Å². The van der Waals surface area contributed by atoms with Crippen LogP contribution in [0.4, 0.5) is 13.2 Å². The highest BCUT2D eigenvalue weighted by Crippen LogP contribution is 2.48. The summed E-state index contributed by atoms with van der Waals surface area (Å²) in [4.78, 5) is 12.1. The molecule has 4 atom stereocenters. The number of carbonyl (C=O) groups is 1. The topological polar surface area (TPSA) is 49.3 Å². The van der Waals surface area contributed by atoms with Crippen molar-refractivity contribution < 1.29 is 23.1 Å². The van der Waals surface area contributed by atoms with E-state index in [9.17, 15) is 18.0 Å². The first-order chi connectivity index (χ1) is 10.2. The van der Waals surface area contributed by atoms with Crippen LogP contribution in [-0.4, -0.2) is 23.7 Å². The molecule has 0 aliphatic heterocycles. The van der Waals surface area contributed by atoms with Crippen molar-refractivity contribution in [3.63, 3.8) is 0 Å². The summed E-state index contributed by atoms with van der Waals surface area (Å²) in [6.07, 6.45) is -3.69. The van der Waals surface area contributed by atoms with Gasteiger partial charge in [0.15, 0.2) is 0 Å². The zero-order valence-electron chi connectivity index (χ0n) is 12.5. The van der Waals surface area contributed by atoms with Gasteiger partial charge in [0.1, 0.15) is 0 Å². The smallest absolute Gasteiger partial charge is 0.396 e. The zero-order valence-corrected chi connectivity index (χ0v) is 12.5. The molecule has 0 heterocycles. The largest absolute Gasteiger partial charge is 0.416 e. The minimum atomic E-state index is -4.34. The second-order valence-corrected chi connectivity index (χ2v) is 6.03. The summed E-state index contributed by atoms with van der Waals surface area (Å²) in [5.41, 5.74) is 0.0827. The van der Waals surface area contributed by atoms with E-state index in [0.717, 1.165) is 17.7 Å². The summed E-state index contributed by atoms with van der Waals surface area (Å²) in [7, 11) is 0. The molecule has 1 aliphatic carbocycles. The van der Waals surface area contributed by atoms with Crippen LogP contribution >= 0.6 is 0 Å². The summed E-state index contributed by atoms with van der Waals surface area (Å²) in [5.74, 6) is -0.339. The number of amides is 1. The number of halogens is 3. The third-order valence-corrected chi connectivity index (χ3v) is 4.30. The van der Waals surface area contributed by atoms with Crippen molar-refractivity contribution in [3.8, 4) is 0 Å². The Morgan fingerprint density at radius 2 is 1.91 bits per heavy atom. The van der Waals surface area contributed by atoms with Gasteiger partial charge in [-0.2, -0.15) is 13.2 Å². The van der Waals surface area contributed by atoms with E-state index >= 15 is 0 Å². The number of nitrogens with one attached hydrogen (secondary N) is 1. The number of alkyl halides is 3. The van der Waals surface area contributed by atoms with Crippen molar-refractivity contribution in [2.75, 3.05) is 6.61 Å². The van der Waals surface area contributed by atoms with Crippen LogP contribution in [-0.2, 0) is 11.0 Å². The van der Waals surface area contributed by atoms with E-state index in [1.54, 1.807) is 0 Å². The molecule has 0 spiro atoms. The number of hydrogen-bond donors (Lipinski definition) is 2. The van der Waals surface area contributed by atoms with Gasteiger partial charge in [-0.05, 0) is 42.9 Å². The normalized spacial score (nSPS) is 23.7. The molecule has 1 aliphatic rings. The lowest BCUT2D eigenvalue weighted by molar-refractivity contribution is -0.137. The molecule has 0 aromatic heterocycles. The van der Waals surface area contributed by atoms with Crippen LogP contribution in [0, 0.1) is 11.8 Å². The lowest BCUT2D eigenvalue weighted by Gasteiger charge is -2.19. The molecule has 2 N–H and O–H groups in total. The van der Waals surface area contributed by atoms with Gasteiger partial charge in [-0.25, -0.2) is 0 Å². The lowest BCUT2D eigenvalue weighted by Crippen LogP contribution is -2.39. The molecule has 0 radical (unpaired) electrons. The van der Waals surface area contributed by atoms with Crippen molar-refractivity contribution in [2.24, 2.45) is 11.8 Å². The second-order valence-electron chi connectivity index (χ2n) is 6.03. The van der Waals surface area contributed by atoms with Gasteiger partial charge in [0, 0.05) is 18.6 Å². The number of carbonyl (C=O) groups excluding carboxylic acids is 1. The second kappa shape index (κ2) is 6.28. The SMILES string of the molecule is CC(CO)C(C)NC(=O)C1CC1c1ccc(C(F)(F)F)cc1. The lowest BCUT2D eigenvalue weighted by atomic mass is 10.0. The molecule has 22 heavy (non-hydrogen) atoms. The van der Waals surface area contributed by atoms with Crippen LogP contribution in [0.25, 0.3) is 0 Å². The predicted octanol–water partition coefficient (Wildman–Crippen LogP) is 2.94. The maximum Gasteiger partial charge on any atom is 0.416 e. The molecule has 4 unspecified atom stereocenters. The monoisotopic (exact) mass is 315 g/mol. The molecule has 1 saturated carbocycles. The third kappa shape index (κ3) is 3.80. The highest BCUT2D eigenvalue weighted by atomic mass is 19.4. The molecular formula is C16H20F3NO2. The minimum Gasteiger partial charge on any atom is -0.396 e. The van der Waals surface area contributed by atoms with Crippen molar-refractivity contribution in [1.29, 1.82) is 0 Å². The molecule has 1 aromatic carbocycles.